The second-order valence-corrected chi connectivity index (χ2v) is 8.11. The molecule has 0 saturated carbocycles. The molecular weight excluding hydrogens is 372 g/mol. The van der Waals surface area contributed by atoms with Crippen LogP contribution >= 0.6 is 0 Å². The van der Waals surface area contributed by atoms with Crippen molar-refractivity contribution in [2.24, 2.45) is 0 Å². The van der Waals surface area contributed by atoms with Gasteiger partial charge in [0.15, 0.2) is 5.78 Å². The summed E-state index contributed by atoms with van der Waals surface area (Å²) in [5, 5.41) is 10.9. The van der Waals surface area contributed by atoms with Gasteiger partial charge in [0.2, 0.25) is 5.78 Å². The molecular formula is C23H24O6. The van der Waals surface area contributed by atoms with Gasteiger partial charge in [-0.1, -0.05) is 18.2 Å². The van der Waals surface area contributed by atoms with Gasteiger partial charge in [0.1, 0.15) is 17.1 Å². The number of phenols is 1. The number of rotatable bonds is 4. The van der Waals surface area contributed by atoms with E-state index in [1.165, 1.54) is 14.0 Å². The Morgan fingerprint density at radius 2 is 1.83 bits per heavy atom. The lowest BCUT2D eigenvalue weighted by atomic mass is 9.81. The first-order chi connectivity index (χ1) is 13.5. The molecule has 0 spiro atoms. The molecule has 0 saturated heterocycles. The van der Waals surface area contributed by atoms with Gasteiger partial charge in [-0.25, -0.2) is 0 Å². The summed E-state index contributed by atoms with van der Waals surface area (Å²) in [5.41, 5.74) is 1.45. The summed E-state index contributed by atoms with van der Waals surface area (Å²) in [6.07, 6.45) is 0.201. The molecule has 3 rings (SSSR count). The molecule has 29 heavy (non-hydrogen) atoms. The maximum Gasteiger partial charge on any atom is 0.310 e. The van der Waals surface area contributed by atoms with Crippen LogP contribution in [-0.4, -0.2) is 35.4 Å². The van der Waals surface area contributed by atoms with Crippen molar-refractivity contribution >= 4 is 17.5 Å². The van der Waals surface area contributed by atoms with Crippen LogP contribution < -0.4 is 4.74 Å². The summed E-state index contributed by atoms with van der Waals surface area (Å²) in [7, 11) is 1.48. The highest BCUT2D eigenvalue weighted by molar-refractivity contribution is 6.17. The number of benzene rings is 2. The molecule has 2 aromatic carbocycles. The van der Waals surface area contributed by atoms with Crippen LogP contribution in [-0.2, 0) is 22.4 Å². The first-order valence-electron chi connectivity index (χ1n) is 9.34. The Morgan fingerprint density at radius 1 is 1.14 bits per heavy atom. The van der Waals surface area contributed by atoms with Gasteiger partial charge < -0.3 is 14.6 Å². The van der Waals surface area contributed by atoms with E-state index in [1.807, 2.05) is 6.07 Å². The number of methoxy groups -OCH3 is 1. The van der Waals surface area contributed by atoms with Crippen molar-refractivity contribution in [3.8, 4) is 11.5 Å². The Balaban J connectivity index is 2.13. The zero-order valence-electron chi connectivity index (χ0n) is 17.2. The number of hydrogen-bond donors (Lipinski definition) is 1. The fraction of sp³-hybridized carbons (Fsp3) is 0.348. The van der Waals surface area contributed by atoms with E-state index in [9.17, 15) is 19.5 Å². The fourth-order valence-electron chi connectivity index (χ4n) is 3.72. The zero-order valence-corrected chi connectivity index (χ0v) is 17.2. The molecule has 6 nitrogen and oxygen atoms in total. The minimum Gasteiger partial charge on any atom is -0.506 e. The van der Waals surface area contributed by atoms with Gasteiger partial charge in [-0.2, -0.15) is 0 Å². The molecule has 152 valence electrons. The first-order valence-corrected chi connectivity index (χ1v) is 9.34. The Bertz CT molecular complexity index is 1030. The second kappa shape index (κ2) is 7.35. The molecule has 1 N–H and O–H groups in total. The Labute approximate surface area is 169 Å². The lowest BCUT2D eigenvalue weighted by Gasteiger charge is -2.24. The monoisotopic (exact) mass is 396 g/mol. The minimum absolute atomic E-state index is 0.0266. The van der Waals surface area contributed by atoms with E-state index in [0.717, 1.165) is 5.56 Å². The molecule has 0 atom stereocenters. The van der Waals surface area contributed by atoms with Crippen LogP contribution in [0.25, 0.3) is 0 Å². The molecule has 1 aliphatic rings. The molecule has 0 radical (unpaired) electrons. The van der Waals surface area contributed by atoms with E-state index in [-0.39, 0.29) is 17.5 Å². The molecule has 0 aliphatic heterocycles. The van der Waals surface area contributed by atoms with Gasteiger partial charge in [-0.3, -0.25) is 14.4 Å². The van der Waals surface area contributed by atoms with E-state index in [2.05, 4.69) is 0 Å². The number of phenolic OH excluding ortho intramolecular Hbond substituents is 1. The summed E-state index contributed by atoms with van der Waals surface area (Å²) < 4.78 is 10.7. The van der Waals surface area contributed by atoms with Crippen LogP contribution in [0.1, 0.15) is 70.7 Å². The van der Waals surface area contributed by atoms with Crippen LogP contribution in [0.2, 0.25) is 0 Å². The van der Waals surface area contributed by atoms with Crippen LogP contribution in [0.15, 0.2) is 24.3 Å². The van der Waals surface area contributed by atoms with E-state index in [1.54, 1.807) is 39.0 Å². The molecule has 0 fully saturated rings. The smallest absolute Gasteiger partial charge is 0.310 e. The highest BCUT2D eigenvalue weighted by Gasteiger charge is 2.33. The topological polar surface area (TPSA) is 89.9 Å². The van der Waals surface area contributed by atoms with Gasteiger partial charge in [-0.15, -0.1) is 0 Å². The molecule has 0 aromatic heterocycles. The number of ketones is 2. The average Bonchev–Trinajstić information content (AvgIpc) is 2.58. The van der Waals surface area contributed by atoms with Crippen LogP contribution in [0.5, 0.6) is 11.5 Å². The van der Waals surface area contributed by atoms with Crippen LogP contribution in [0.3, 0.4) is 0 Å². The highest BCUT2D eigenvalue weighted by Crippen LogP contribution is 2.40. The number of esters is 1. The van der Waals surface area contributed by atoms with Crippen molar-refractivity contribution in [3.63, 3.8) is 0 Å². The van der Waals surface area contributed by atoms with Gasteiger partial charge in [0.25, 0.3) is 0 Å². The minimum atomic E-state index is -0.671. The first kappa shape index (κ1) is 20.6. The Kier molecular flexibility index (Phi) is 5.22. The number of fused-ring (bicyclic) bond motifs is 2. The van der Waals surface area contributed by atoms with Gasteiger partial charge in [0.05, 0.1) is 30.2 Å². The zero-order chi connectivity index (χ0) is 21.5. The lowest BCUT2D eigenvalue weighted by molar-refractivity contribution is -0.153. The quantitative estimate of drug-likeness (QED) is 0.535. The standard InChI is InChI=1S/C23H24O6/c1-12(24)18-15(11-17(25)29-23(2,3)4)10-14-9-13-7-6-8-16(28-5)19(13)22(27)20(14)21(18)26/h6-8,10,26H,9,11H2,1-5H3. The summed E-state index contributed by atoms with van der Waals surface area (Å²) in [5.74, 6) is -1.32. The van der Waals surface area contributed by atoms with E-state index < -0.39 is 28.9 Å². The summed E-state index contributed by atoms with van der Waals surface area (Å²) in [6, 6.07) is 6.95. The van der Waals surface area contributed by atoms with Gasteiger partial charge in [-0.05, 0) is 56.9 Å². The molecule has 0 unspecified atom stereocenters. The lowest BCUT2D eigenvalue weighted by Crippen LogP contribution is -2.26. The summed E-state index contributed by atoms with van der Waals surface area (Å²) >= 11 is 0. The Hall–Kier alpha value is -3.15. The average molecular weight is 396 g/mol. The van der Waals surface area contributed by atoms with Crippen molar-refractivity contribution in [2.45, 2.75) is 46.1 Å². The van der Waals surface area contributed by atoms with Crippen molar-refractivity contribution in [2.75, 3.05) is 7.11 Å². The Morgan fingerprint density at radius 3 is 2.41 bits per heavy atom. The van der Waals surface area contributed by atoms with E-state index >= 15 is 0 Å². The maximum atomic E-state index is 13.2. The van der Waals surface area contributed by atoms with E-state index in [4.69, 9.17) is 9.47 Å². The fourth-order valence-corrected chi connectivity index (χ4v) is 3.72. The van der Waals surface area contributed by atoms with Crippen molar-refractivity contribution in [1.29, 1.82) is 0 Å². The molecule has 2 aromatic rings. The third-order valence-corrected chi connectivity index (χ3v) is 4.74. The number of carbonyl (C=O) groups is 3. The number of aromatic hydroxyl groups is 1. The normalized spacial score (nSPS) is 12.8. The summed E-state index contributed by atoms with van der Waals surface area (Å²) in [4.78, 5) is 37.8. The van der Waals surface area contributed by atoms with Gasteiger partial charge >= 0.3 is 5.97 Å². The number of hydrogen-bond acceptors (Lipinski definition) is 6. The number of ether oxygens (including phenoxy) is 2. The molecule has 6 heteroatoms. The van der Waals surface area contributed by atoms with Crippen LogP contribution in [0.4, 0.5) is 0 Å². The van der Waals surface area contributed by atoms with Crippen molar-refractivity contribution in [3.05, 3.63) is 57.6 Å². The predicted molar refractivity (Wildman–Crippen MR) is 107 cm³/mol. The van der Waals surface area contributed by atoms with Crippen molar-refractivity contribution < 1.29 is 29.0 Å². The molecule has 1 aliphatic carbocycles. The van der Waals surface area contributed by atoms with E-state index in [0.29, 0.717) is 28.9 Å². The highest BCUT2D eigenvalue weighted by atomic mass is 16.6. The largest absolute Gasteiger partial charge is 0.506 e. The molecule has 0 amide bonds. The SMILES string of the molecule is COc1cccc2c1C(=O)c1c(cc(CC(=O)OC(C)(C)C)c(C(C)=O)c1O)C2. The van der Waals surface area contributed by atoms with Crippen molar-refractivity contribution in [1.82, 2.24) is 0 Å². The summed E-state index contributed by atoms with van der Waals surface area (Å²) in [6.45, 7) is 6.56. The third kappa shape index (κ3) is 3.88. The maximum absolute atomic E-state index is 13.2. The second-order valence-electron chi connectivity index (χ2n) is 8.11. The predicted octanol–water partition coefficient (Wildman–Crippen LogP) is 3.62. The van der Waals surface area contributed by atoms with Gasteiger partial charge in [0, 0.05) is 0 Å². The molecule has 0 bridgehead atoms. The molecule has 0 heterocycles. The number of Topliss-reactive ketones (excluding diaryl/α,β-unsaturated/α-hetero) is 1. The van der Waals surface area contributed by atoms with Crippen LogP contribution in [0, 0.1) is 0 Å². The third-order valence-electron chi connectivity index (χ3n) is 4.74. The number of carbonyl (C=O) groups excluding carboxylic acids is 3.